The first kappa shape index (κ1) is 21.2. The highest BCUT2D eigenvalue weighted by molar-refractivity contribution is 6.33. The molecule has 1 aromatic carbocycles. The molecular formula is C24H24ClN5O. The number of hydrogen-bond donors (Lipinski definition) is 1. The van der Waals surface area contributed by atoms with Gasteiger partial charge in [-0.1, -0.05) is 44.5 Å². The standard InChI is InChI=1S/C24H24ClN5O/c1-24(2,3)16-7-9-17(10-8-16)28-23-22-19(29-20(30-23)14-31-4)12-15(13-27-22)21-18(25)6-5-11-26-21/h5-13H,14H2,1-4H3,(H,28,29,30). The molecule has 0 aliphatic carbocycles. The molecule has 0 bridgehead atoms. The van der Waals surface area contributed by atoms with Crippen LogP contribution in [0.2, 0.25) is 5.02 Å². The molecule has 7 heteroatoms. The number of rotatable bonds is 5. The van der Waals surface area contributed by atoms with E-state index >= 15 is 0 Å². The number of anilines is 2. The van der Waals surface area contributed by atoms with E-state index in [-0.39, 0.29) is 5.41 Å². The second kappa shape index (κ2) is 8.57. The first-order valence-corrected chi connectivity index (χ1v) is 10.4. The number of aromatic nitrogens is 4. The number of nitrogens with zero attached hydrogens (tertiary/aromatic N) is 4. The molecule has 0 unspecified atom stereocenters. The largest absolute Gasteiger partial charge is 0.377 e. The summed E-state index contributed by atoms with van der Waals surface area (Å²) in [4.78, 5) is 18.2. The lowest BCUT2D eigenvalue weighted by atomic mass is 9.87. The van der Waals surface area contributed by atoms with E-state index in [1.807, 2.05) is 18.2 Å². The van der Waals surface area contributed by atoms with Gasteiger partial charge in [-0.25, -0.2) is 15.0 Å². The van der Waals surface area contributed by atoms with Crippen LogP contribution >= 0.6 is 11.6 Å². The minimum absolute atomic E-state index is 0.0937. The Labute approximate surface area is 186 Å². The van der Waals surface area contributed by atoms with Crippen molar-refractivity contribution in [1.82, 2.24) is 19.9 Å². The van der Waals surface area contributed by atoms with E-state index in [9.17, 15) is 0 Å². The van der Waals surface area contributed by atoms with Gasteiger partial charge in [-0.2, -0.15) is 0 Å². The zero-order chi connectivity index (χ0) is 22.0. The van der Waals surface area contributed by atoms with Gasteiger partial charge >= 0.3 is 0 Å². The number of pyridine rings is 2. The summed E-state index contributed by atoms with van der Waals surface area (Å²) in [7, 11) is 1.62. The van der Waals surface area contributed by atoms with Gasteiger partial charge in [0.2, 0.25) is 0 Å². The molecule has 0 spiro atoms. The number of nitrogens with one attached hydrogen (secondary N) is 1. The zero-order valence-corrected chi connectivity index (χ0v) is 18.7. The highest BCUT2D eigenvalue weighted by Crippen LogP contribution is 2.30. The van der Waals surface area contributed by atoms with Crippen molar-refractivity contribution in [3.63, 3.8) is 0 Å². The van der Waals surface area contributed by atoms with Gasteiger partial charge in [0, 0.05) is 30.8 Å². The van der Waals surface area contributed by atoms with Gasteiger partial charge in [-0.05, 0) is 41.3 Å². The van der Waals surface area contributed by atoms with E-state index in [2.05, 4.69) is 58.2 Å². The maximum absolute atomic E-state index is 6.32. The lowest BCUT2D eigenvalue weighted by molar-refractivity contribution is 0.178. The smallest absolute Gasteiger partial charge is 0.160 e. The molecule has 3 heterocycles. The molecule has 158 valence electrons. The molecule has 31 heavy (non-hydrogen) atoms. The van der Waals surface area contributed by atoms with Crippen LogP contribution in [0.15, 0.2) is 54.9 Å². The lowest BCUT2D eigenvalue weighted by Crippen LogP contribution is -2.10. The van der Waals surface area contributed by atoms with Gasteiger partial charge < -0.3 is 10.1 Å². The summed E-state index contributed by atoms with van der Waals surface area (Å²) >= 11 is 6.32. The summed E-state index contributed by atoms with van der Waals surface area (Å²) in [6, 6.07) is 13.9. The number of halogens is 1. The average Bonchev–Trinajstić information content (AvgIpc) is 2.74. The highest BCUT2D eigenvalue weighted by Gasteiger charge is 2.15. The zero-order valence-electron chi connectivity index (χ0n) is 18.0. The Hall–Kier alpha value is -3.09. The highest BCUT2D eigenvalue weighted by atomic mass is 35.5. The molecule has 0 amide bonds. The first-order chi connectivity index (χ1) is 14.8. The summed E-state index contributed by atoms with van der Waals surface area (Å²) in [6.07, 6.45) is 3.44. The third-order valence-electron chi connectivity index (χ3n) is 4.90. The SMILES string of the molecule is COCc1nc(Nc2ccc(C(C)(C)C)cc2)c2ncc(-c3ncccc3Cl)cc2n1. The predicted octanol–water partition coefficient (Wildman–Crippen LogP) is 5.93. The Morgan fingerprint density at radius 1 is 1.03 bits per heavy atom. The Morgan fingerprint density at radius 2 is 1.81 bits per heavy atom. The maximum Gasteiger partial charge on any atom is 0.160 e. The number of hydrogen-bond acceptors (Lipinski definition) is 6. The van der Waals surface area contributed by atoms with Crippen molar-refractivity contribution in [3.8, 4) is 11.3 Å². The van der Waals surface area contributed by atoms with Crippen LogP contribution in [0.4, 0.5) is 11.5 Å². The van der Waals surface area contributed by atoms with E-state index in [0.717, 1.165) is 11.3 Å². The van der Waals surface area contributed by atoms with E-state index in [0.29, 0.717) is 40.0 Å². The van der Waals surface area contributed by atoms with Crippen molar-refractivity contribution in [2.24, 2.45) is 0 Å². The summed E-state index contributed by atoms with van der Waals surface area (Å²) < 4.78 is 5.26. The normalized spacial score (nSPS) is 11.6. The summed E-state index contributed by atoms with van der Waals surface area (Å²) in [5.41, 5.74) is 5.09. The van der Waals surface area contributed by atoms with E-state index in [4.69, 9.17) is 16.3 Å². The molecule has 1 N–H and O–H groups in total. The third-order valence-corrected chi connectivity index (χ3v) is 5.21. The van der Waals surface area contributed by atoms with Crippen molar-refractivity contribution >= 4 is 34.1 Å². The Kier molecular flexibility index (Phi) is 5.85. The fourth-order valence-corrected chi connectivity index (χ4v) is 3.50. The molecule has 0 saturated heterocycles. The molecule has 0 saturated carbocycles. The number of methoxy groups -OCH3 is 1. The van der Waals surface area contributed by atoms with Crippen LogP contribution in [0.3, 0.4) is 0 Å². The molecule has 0 aliphatic heterocycles. The molecule has 0 radical (unpaired) electrons. The molecular weight excluding hydrogens is 410 g/mol. The maximum atomic E-state index is 6.32. The van der Waals surface area contributed by atoms with E-state index in [1.54, 1.807) is 31.6 Å². The predicted molar refractivity (Wildman–Crippen MR) is 125 cm³/mol. The number of benzene rings is 1. The Bertz CT molecular complexity index is 1220. The third kappa shape index (κ3) is 4.65. The van der Waals surface area contributed by atoms with E-state index in [1.165, 1.54) is 5.56 Å². The lowest BCUT2D eigenvalue weighted by Gasteiger charge is -2.19. The molecule has 0 aliphatic rings. The first-order valence-electron chi connectivity index (χ1n) is 9.99. The van der Waals surface area contributed by atoms with E-state index < -0.39 is 0 Å². The number of ether oxygens (including phenoxy) is 1. The van der Waals surface area contributed by atoms with Crippen LogP contribution < -0.4 is 5.32 Å². The summed E-state index contributed by atoms with van der Waals surface area (Å²) in [5, 5.41) is 3.95. The van der Waals surface area contributed by atoms with Crippen LogP contribution in [-0.2, 0) is 16.8 Å². The van der Waals surface area contributed by atoms with Crippen LogP contribution in [-0.4, -0.2) is 27.0 Å². The van der Waals surface area contributed by atoms with Gasteiger partial charge in [0.05, 0.1) is 16.2 Å². The van der Waals surface area contributed by atoms with Crippen LogP contribution in [0.25, 0.3) is 22.3 Å². The topological polar surface area (TPSA) is 72.8 Å². The van der Waals surface area contributed by atoms with Crippen molar-refractivity contribution in [2.45, 2.75) is 32.8 Å². The minimum Gasteiger partial charge on any atom is -0.377 e. The van der Waals surface area contributed by atoms with Crippen molar-refractivity contribution < 1.29 is 4.74 Å². The van der Waals surface area contributed by atoms with Crippen LogP contribution in [0, 0.1) is 0 Å². The summed E-state index contributed by atoms with van der Waals surface area (Å²) in [5.74, 6) is 1.19. The molecule has 4 rings (SSSR count). The van der Waals surface area contributed by atoms with Crippen molar-refractivity contribution in [1.29, 1.82) is 0 Å². The Balaban J connectivity index is 1.76. The molecule has 4 aromatic rings. The summed E-state index contributed by atoms with van der Waals surface area (Å²) in [6.45, 7) is 6.88. The van der Waals surface area contributed by atoms with Gasteiger partial charge in [0.25, 0.3) is 0 Å². The number of fused-ring (bicyclic) bond motifs is 1. The van der Waals surface area contributed by atoms with Crippen molar-refractivity contribution in [3.05, 3.63) is 71.3 Å². The van der Waals surface area contributed by atoms with Crippen LogP contribution in [0.5, 0.6) is 0 Å². The second-order valence-corrected chi connectivity index (χ2v) is 8.71. The average molecular weight is 434 g/mol. The van der Waals surface area contributed by atoms with Crippen LogP contribution in [0.1, 0.15) is 32.2 Å². The second-order valence-electron chi connectivity index (χ2n) is 8.30. The quantitative estimate of drug-likeness (QED) is 0.420. The van der Waals surface area contributed by atoms with Gasteiger partial charge in [0.15, 0.2) is 11.6 Å². The monoisotopic (exact) mass is 433 g/mol. The van der Waals surface area contributed by atoms with Gasteiger partial charge in [-0.3, -0.25) is 4.98 Å². The molecule has 6 nitrogen and oxygen atoms in total. The van der Waals surface area contributed by atoms with Gasteiger partial charge in [0.1, 0.15) is 12.1 Å². The molecule has 0 atom stereocenters. The minimum atomic E-state index is 0.0937. The van der Waals surface area contributed by atoms with Crippen molar-refractivity contribution in [2.75, 3.05) is 12.4 Å². The Morgan fingerprint density at radius 3 is 2.48 bits per heavy atom. The molecule has 3 aromatic heterocycles. The van der Waals surface area contributed by atoms with Gasteiger partial charge in [-0.15, -0.1) is 0 Å². The fourth-order valence-electron chi connectivity index (χ4n) is 3.27. The molecule has 0 fully saturated rings. The fraction of sp³-hybridized carbons (Fsp3) is 0.250.